The number of nitrogens with zero attached hydrogens (tertiary/aromatic N) is 2. The van der Waals surface area contributed by atoms with Gasteiger partial charge in [-0.15, -0.1) is 0 Å². The molecule has 1 heterocycles. The van der Waals surface area contributed by atoms with E-state index < -0.39 is 0 Å². The van der Waals surface area contributed by atoms with E-state index in [0.29, 0.717) is 27.5 Å². The molecule has 0 unspecified atom stereocenters. The SMILES string of the molecule is O=Cc1ncncc1-c1c(Cl)cccc1Cl. The van der Waals surface area contributed by atoms with Crippen molar-refractivity contribution in [2.75, 3.05) is 0 Å². The normalized spacial score (nSPS) is 10.1. The van der Waals surface area contributed by atoms with Crippen LogP contribution in [-0.4, -0.2) is 16.3 Å². The Morgan fingerprint density at radius 1 is 1.19 bits per heavy atom. The predicted octanol–water partition coefficient (Wildman–Crippen LogP) is 3.26. The first kappa shape index (κ1) is 11.0. The van der Waals surface area contributed by atoms with Gasteiger partial charge in [-0.05, 0) is 12.1 Å². The molecule has 0 bridgehead atoms. The van der Waals surface area contributed by atoms with Crippen LogP contribution < -0.4 is 0 Å². The fraction of sp³-hybridized carbons (Fsp3) is 0. The third kappa shape index (κ3) is 1.92. The van der Waals surface area contributed by atoms with Gasteiger partial charge in [-0.3, -0.25) is 4.79 Å². The molecule has 0 radical (unpaired) electrons. The Morgan fingerprint density at radius 2 is 1.88 bits per heavy atom. The number of aldehydes is 1. The molecule has 0 spiro atoms. The quantitative estimate of drug-likeness (QED) is 0.771. The van der Waals surface area contributed by atoms with Gasteiger partial charge < -0.3 is 0 Å². The highest BCUT2D eigenvalue weighted by atomic mass is 35.5. The summed E-state index contributed by atoms with van der Waals surface area (Å²) < 4.78 is 0. The molecule has 0 aliphatic heterocycles. The first-order valence-electron chi connectivity index (χ1n) is 4.43. The molecule has 2 rings (SSSR count). The number of carbonyl (C=O) groups is 1. The summed E-state index contributed by atoms with van der Waals surface area (Å²) in [5, 5.41) is 0.927. The second-order valence-corrected chi connectivity index (χ2v) is 3.85. The summed E-state index contributed by atoms with van der Waals surface area (Å²) in [5.41, 5.74) is 1.38. The Bertz CT molecular complexity index is 523. The molecular weight excluding hydrogens is 247 g/mol. The van der Waals surface area contributed by atoms with Crippen LogP contribution in [0.1, 0.15) is 10.5 Å². The Labute approximate surface area is 102 Å². The third-order valence-corrected chi connectivity index (χ3v) is 2.72. The van der Waals surface area contributed by atoms with E-state index in [1.807, 2.05) is 0 Å². The maximum atomic E-state index is 10.8. The molecular formula is C11H6Cl2N2O. The summed E-state index contributed by atoms with van der Waals surface area (Å²) in [5.74, 6) is 0. The minimum absolute atomic E-state index is 0.269. The highest BCUT2D eigenvalue weighted by molar-refractivity contribution is 6.39. The smallest absolute Gasteiger partial charge is 0.169 e. The Balaban J connectivity index is 2.72. The van der Waals surface area contributed by atoms with Gasteiger partial charge in [0.25, 0.3) is 0 Å². The van der Waals surface area contributed by atoms with Crippen LogP contribution in [0.15, 0.2) is 30.7 Å². The van der Waals surface area contributed by atoms with Crippen LogP contribution in [0.5, 0.6) is 0 Å². The molecule has 0 amide bonds. The van der Waals surface area contributed by atoms with Crippen LogP contribution in [0.2, 0.25) is 10.0 Å². The second kappa shape index (κ2) is 4.60. The standard InChI is InChI=1S/C11H6Cl2N2O/c12-8-2-1-3-9(13)11(8)7-4-14-6-15-10(7)5-16/h1-6H. The Hall–Kier alpha value is -1.45. The van der Waals surface area contributed by atoms with Crippen LogP contribution >= 0.6 is 23.2 Å². The summed E-state index contributed by atoms with van der Waals surface area (Å²) in [7, 11) is 0. The fourth-order valence-electron chi connectivity index (χ4n) is 1.38. The minimum atomic E-state index is 0.269. The molecule has 16 heavy (non-hydrogen) atoms. The van der Waals surface area contributed by atoms with Crippen molar-refractivity contribution in [1.29, 1.82) is 0 Å². The highest BCUT2D eigenvalue weighted by Gasteiger charge is 2.12. The number of hydrogen-bond acceptors (Lipinski definition) is 3. The van der Waals surface area contributed by atoms with E-state index in [2.05, 4.69) is 9.97 Å². The van der Waals surface area contributed by atoms with E-state index in [4.69, 9.17) is 23.2 Å². The first-order chi connectivity index (χ1) is 7.74. The van der Waals surface area contributed by atoms with E-state index in [9.17, 15) is 4.79 Å². The summed E-state index contributed by atoms with van der Waals surface area (Å²) in [6.07, 6.45) is 3.47. The maximum Gasteiger partial charge on any atom is 0.169 e. The summed E-state index contributed by atoms with van der Waals surface area (Å²) in [6, 6.07) is 5.13. The average molecular weight is 253 g/mol. The molecule has 0 aliphatic carbocycles. The molecule has 0 saturated carbocycles. The van der Waals surface area contributed by atoms with Gasteiger partial charge in [-0.25, -0.2) is 9.97 Å². The topological polar surface area (TPSA) is 42.9 Å². The molecule has 0 aliphatic rings. The molecule has 5 heteroatoms. The zero-order valence-corrected chi connectivity index (χ0v) is 9.53. The zero-order chi connectivity index (χ0) is 11.5. The van der Waals surface area contributed by atoms with E-state index in [-0.39, 0.29) is 5.69 Å². The predicted molar refractivity (Wildman–Crippen MR) is 62.9 cm³/mol. The lowest BCUT2D eigenvalue weighted by Crippen LogP contribution is -1.94. The number of benzene rings is 1. The Morgan fingerprint density at radius 3 is 2.50 bits per heavy atom. The van der Waals surface area contributed by atoms with Gasteiger partial charge in [0, 0.05) is 17.3 Å². The number of hydrogen-bond donors (Lipinski definition) is 0. The largest absolute Gasteiger partial charge is 0.296 e. The van der Waals surface area contributed by atoms with Crippen LogP contribution in [-0.2, 0) is 0 Å². The monoisotopic (exact) mass is 252 g/mol. The van der Waals surface area contributed by atoms with Crippen LogP contribution in [0.3, 0.4) is 0 Å². The van der Waals surface area contributed by atoms with E-state index >= 15 is 0 Å². The molecule has 0 saturated heterocycles. The fourth-order valence-corrected chi connectivity index (χ4v) is 1.98. The van der Waals surface area contributed by atoms with Gasteiger partial charge in [0.05, 0.1) is 10.0 Å². The van der Waals surface area contributed by atoms with Crippen LogP contribution in [0.4, 0.5) is 0 Å². The number of halogens is 2. The van der Waals surface area contributed by atoms with Crippen molar-refractivity contribution < 1.29 is 4.79 Å². The van der Waals surface area contributed by atoms with Gasteiger partial charge in [0.15, 0.2) is 6.29 Å². The number of rotatable bonds is 2. The van der Waals surface area contributed by atoms with E-state index in [0.717, 1.165) is 0 Å². The molecule has 0 fully saturated rings. The number of aromatic nitrogens is 2. The van der Waals surface area contributed by atoms with Gasteiger partial charge in [-0.2, -0.15) is 0 Å². The first-order valence-corrected chi connectivity index (χ1v) is 5.19. The van der Waals surface area contributed by atoms with Gasteiger partial charge >= 0.3 is 0 Å². The van der Waals surface area contributed by atoms with Crippen LogP contribution in [0.25, 0.3) is 11.1 Å². The number of carbonyl (C=O) groups excluding carboxylic acids is 1. The lowest BCUT2D eigenvalue weighted by Gasteiger charge is -2.07. The maximum absolute atomic E-state index is 10.8. The molecule has 3 nitrogen and oxygen atoms in total. The molecule has 1 aromatic carbocycles. The molecule has 80 valence electrons. The van der Waals surface area contributed by atoms with Crippen molar-refractivity contribution in [2.24, 2.45) is 0 Å². The minimum Gasteiger partial charge on any atom is -0.296 e. The average Bonchev–Trinajstić information content (AvgIpc) is 2.29. The summed E-state index contributed by atoms with van der Waals surface area (Å²) in [6.45, 7) is 0. The lowest BCUT2D eigenvalue weighted by atomic mass is 10.1. The van der Waals surface area contributed by atoms with Crippen LogP contribution in [0, 0.1) is 0 Å². The summed E-state index contributed by atoms with van der Waals surface area (Å²) >= 11 is 12.1. The zero-order valence-electron chi connectivity index (χ0n) is 8.02. The molecule has 0 atom stereocenters. The van der Waals surface area contributed by atoms with Gasteiger partial charge in [-0.1, -0.05) is 29.3 Å². The molecule has 2 aromatic rings. The molecule has 1 aromatic heterocycles. The van der Waals surface area contributed by atoms with E-state index in [1.165, 1.54) is 12.5 Å². The lowest BCUT2D eigenvalue weighted by molar-refractivity contribution is 0.111. The van der Waals surface area contributed by atoms with Crippen molar-refractivity contribution in [3.8, 4) is 11.1 Å². The van der Waals surface area contributed by atoms with E-state index in [1.54, 1.807) is 18.2 Å². The second-order valence-electron chi connectivity index (χ2n) is 3.04. The van der Waals surface area contributed by atoms with Crippen molar-refractivity contribution in [3.05, 3.63) is 46.5 Å². The van der Waals surface area contributed by atoms with Crippen molar-refractivity contribution >= 4 is 29.5 Å². The summed E-state index contributed by atoms with van der Waals surface area (Å²) in [4.78, 5) is 18.6. The Kier molecular flexibility index (Phi) is 3.17. The van der Waals surface area contributed by atoms with Crippen molar-refractivity contribution in [2.45, 2.75) is 0 Å². The third-order valence-electron chi connectivity index (χ3n) is 2.09. The van der Waals surface area contributed by atoms with Crippen molar-refractivity contribution in [3.63, 3.8) is 0 Å². The van der Waals surface area contributed by atoms with Gasteiger partial charge in [0.1, 0.15) is 12.0 Å². The van der Waals surface area contributed by atoms with Gasteiger partial charge in [0.2, 0.25) is 0 Å². The highest BCUT2D eigenvalue weighted by Crippen LogP contribution is 2.34. The molecule has 0 N–H and O–H groups in total. The van der Waals surface area contributed by atoms with Crippen molar-refractivity contribution in [1.82, 2.24) is 9.97 Å².